The Morgan fingerprint density at radius 1 is 1.00 bits per heavy atom. The summed E-state index contributed by atoms with van der Waals surface area (Å²) in [6, 6.07) is 9.56. The number of hydrogen-bond donors (Lipinski definition) is 1. The molecule has 2 heterocycles. The number of likely N-dealkylation sites (tertiary alicyclic amines) is 1. The number of hydrogen-bond acceptors (Lipinski definition) is 7. The second kappa shape index (κ2) is 11.5. The Labute approximate surface area is 209 Å². The number of benzene rings is 2. The molecule has 0 aliphatic carbocycles. The van der Waals surface area contributed by atoms with Crippen LogP contribution in [-0.4, -0.2) is 79.2 Å². The molecular formula is C27H31FN2O6. The lowest BCUT2D eigenvalue weighted by atomic mass is 9.95. The van der Waals surface area contributed by atoms with Crippen molar-refractivity contribution in [3.63, 3.8) is 0 Å². The SMILES string of the molecule is CCOc1ccc(C2C(=C(O)c3ccc(F)cc3)C(=O)C(=O)N2CCN2CCOCC2)cc1OCC. The van der Waals surface area contributed by atoms with Crippen LogP contribution in [0.5, 0.6) is 11.5 Å². The third-order valence-corrected chi connectivity index (χ3v) is 6.30. The predicted octanol–water partition coefficient (Wildman–Crippen LogP) is 3.38. The van der Waals surface area contributed by atoms with Crippen molar-refractivity contribution < 1.29 is 33.3 Å². The Morgan fingerprint density at radius 2 is 1.67 bits per heavy atom. The first kappa shape index (κ1) is 25.7. The molecule has 2 aromatic rings. The second-order valence-corrected chi connectivity index (χ2v) is 8.53. The summed E-state index contributed by atoms with van der Waals surface area (Å²) in [5.74, 6) is -1.26. The van der Waals surface area contributed by atoms with E-state index in [1.54, 1.807) is 18.2 Å². The molecule has 0 radical (unpaired) electrons. The van der Waals surface area contributed by atoms with Gasteiger partial charge in [-0.3, -0.25) is 14.5 Å². The quantitative estimate of drug-likeness (QED) is 0.322. The molecule has 2 fully saturated rings. The molecule has 8 nitrogen and oxygen atoms in total. The molecule has 0 bridgehead atoms. The van der Waals surface area contributed by atoms with Gasteiger partial charge in [-0.05, 0) is 55.8 Å². The second-order valence-electron chi connectivity index (χ2n) is 8.53. The monoisotopic (exact) mass is 498 g/mol. The maximum absolute atomic E-state index is 13.5. The molecule has 0 aromatic heterocycles. The maximum atomic E-state index is 13.5. The van der Waals surface area contributed by atoms with E-state index in [1.165, 1.54) is 29.2 Å². The van der Waals surface area contributed by atoms with Crippen LogP contribution >= 0.6 is 0 Å². The van der Waals surface area contributed by atoms with Crippen LogP contribution in [0.1, 0.15) is 31.0 Å². The number of ketones is 1. The molecule has 0 spiro atoms. The van der Waals surface area contributed by atoms with E-state index >= 15 is 0 Å². The Bertz CT molecular complexity index is 1130. The highest BCUT2D eigenvalue weighted by molar-refractivity contribution is 6.46. The fraction of sp³-hybridized carbons (Fsp3) is 0.407. The van der Waals surface area contributed by atoms with Gasteiger partial charge in [0.05, 0.1) is 38.0 Å². The van der Waals surface area contributed by atoms with Crippen LogP contribution in [0, 0.1) is 5.82 Å². The summed E-state index contributed by atoms with van der Waals surface area (Å²) in [7, 11) is 0. The van der Waals surface area contributed by atoms with E-state index in [2.05, 4.69) is 4.90 Å². The first-order chi connectivity index (χ1) is 17.4. The first-order valence-corrected chi connectivity index (χ1v) is 12.2. The van der Waals surface area contributed by atoms with Crippen molar-refractivity contribution >= 4 is 17.4 Å². The zero-order valence-corrected chi connectivity index (χ0v) is 20.5. The molecule has 9 heteroatoms. The average molecular weight is 499 g/mol. The highest BCUT2D eigenvalue weighted by Gasteiger charge is 2.46. The smallest absolute Gasteiger partial charge is 0.295 e. The molecule has 1 amide bonds. The normalized spacial score (nSPS) is 20.1. The summed E-state index contributed by atoms with van der Waals surface area (Å²) >= 11 is 0. The summed E-state index contributed by atoms with van der Waals surface area (Å²) in [6.45, 7) is 8.11. The number of rotatable bonds is 9. The summed E-state index contributed by atoms with van der Waals surface area (Å²) in [4.78, 5) is 30.1. The zero-order chi connectivity index (χ0) is 25.7. The van der Waals surface area contributed by atoms with Gasteiger partial charge in [0, 0.05) is 31.7 Å². The zero-order valence-electron chi connectivity index (χ0n) is 20.5. The van der Waals surface area contributed by atoms with Crippen molar-refractivity contribution in [3.8, 4) is 11.5 Å². The molecular weight excluding hydrogens is 467 g/mol. The fourth-order valence-electron chi connectivity index (χ4n) is 4.53. The van der Waals surface area contributed by atoms with E-state index in [0.29, 0.717) is 50.0 Å². The third kappa shape index (κ3) is 5.37. The van der Waals surface area contributed by atoms with Crippen molar-refractivity contribution in [1.82, 2.24) is 9.80 Å². The van der Waals surface area contributed by atoms with E-state index in [0.717, 1.165) is 13.1 Å². The van der Waals surface area contributed by atoms with Crippen LogP contribution in [0.4, 0.5) is 4.39 Å². The molecule has 2 aliphatic heterocycles. The van der Waals surface area contributed by atoms with Crippen molar-refractivity contribution in [2.75, 3.05) is 52.6 Å². The number of nitrogens with zero attached hydrogens (tertiary/aromatic N) is 2. The lowest BCUT2D eigenvalue weighted by Gasteiger charge is -2.31. The van der Waals surface area contributed by atoms with Gasteiger partial charge >= 0.3 is 0 Å². The molecule has 36 heavy (non-hydrogen) atoms. The Balaban J connectivity index is 1.77. The number of aliphatic hydroxyl groups excluding tert-OH is 1. The number of carbonyl (C=O) groups is 2. The van der Waals surface area contributed by atoms with Crippen molar-refractivity contribution in [2.24, 2.45) is 0 Å². The van der Waals surface area contributed by atoms with Crippen LogP contribution < -0.4 is 9.47 Å². The number of ether oxygens (including phenoxy) is 3. The van der Waals surface area contributed by atoms with Gasteiger partial charge in [0.25, 0.3) is 11.7 Å². The number of amides is 1. The molecule has 4 rings (SSSR count). The van der Waals surface area contributed by atoms with Crippen LogP contribution in [0.25, 0.3) is 5.76 Å². The minimum absolute atomic E-state index is 0.0415. The number of morpholine rings is 1. The summed E-state index contributed by atoms with van der Waals surface area (Å²) < 4.78 is 30.3. The molecule has 1 N–H and O–H groups in total. The van der Waals surface area contributed by atoms with Crippen molar-refractivity contribution in [1.29, 1.82) is 0 Å². The van der Waals surface area contributed by atoms with Gasteiger partial charge in [-0.2, -0.15) is 0 Å². The Hall–Kier alpha value is -3.43. The lowest BCUT2D eigenvalue weighted by Crippen LogP contribution is -2.42. The number of halogens is 1. The summed E-state index contributed by atoms with van der Waals surface area (Å²) in [5, 5.41) is 11.2. The van der Waals surface area contributed by atoms with Crippen molar-refractivity contribution in [2.45, 2.75) is 19.9 Å². The Kier molecular flexibility index (Phi) is 8.22. The third-order valence-electron chi connectivity index (χ3n) is 6.30. The highest BCUT2D eigenvalue weighted by atomic mass is 19.1. The number of Topliss-reactive ketones (excluding diaryl/α,β-unsaturated/α-hetero) is 1. The van der Waals surface area contributed by atoms with E-state index in [-0.39, 0.29) is 23.4 Å². The minimum Gasteiger partial charge on any atom is -0.507 e. The van der Waals surface area contributed by atoms with E-state index in [9.17, 15) is 19.1 Å². The predicted molar refractivity (Wildman–Crippen MR) is 131 cm³/mol. The van der Waals surface area contributed by atoms with E-state index < -0.39 is 23.5 Å². The minimum atomic E-state index is -0.842. The largest absolute Gasteiger partial charge is 0.507 e. The molecule has 2 aliphatic rings. The van der Waals surface area contributed by atoms with Gasteiger partial charge in [0.15, 0.2) is 11.5 Å². The van der Waals surface area contributed by atoms with Gasteiger partial charge in [0.1, 0.15) is 11.6 Å². The average Bonchev–Trinajstić information content (AvgIpc) is 3.14. The van der Waals surface area contributed by atoms with Gasteiger partial charge in [0.2, 0.25) is 0 Å². The maximum Gasteiger partial charge on any atom is 0.295 e. The number of carbonyl (C=O) groups excluding carboxylic acids is 2. The Morgan fingerprint density at radius 3 is 2.33 bits per heavy atom. The lowest BCUT2D eigenvalue weighted by molar-refractivity contribution is -0.140. The van der Waals surface area contributed by atoms with E-state index in [4.69, 9.17) is 14.2 Å². The molecule has 2 aromatic carbocycles. The molecule has 1 unspecified atom stereocenters. The van der Waals surface area contributed by atoms with Gasteiger partial charge < -0.3 is 24.2 Å². The molecule has 0 saturated carbocycles. The standard InChI is InChI=1S/C27H31FN2O6/c1-3-35-21-10-7-19(17-22(21)36-4-2)24-23(25(31)18-5-8-20(28)9-6-18)26(32)27(33)30(24)12-11-29-13-15-34-16-14-29/h5-10,17,24,31H,3-4,11-16H2,1-2H3. The van der Waals surface area contributed by atoms with Crippen LogP contribution in [-0.2, 0) is 14.3 Å². The van der Waals surface area contributed by atoms with Gasteiger partial charge in [-0.1, -0.05) is 6.07 Å². The molecule has 192 valence electrons. The summed E-state index contributed by atoms with van der Waals surface area (Å²) in [6.07, 6.45) is 0. The van der Waals surface area contributed by atoms with Crippen LogP contribution in [0.3, 0.4) is 0 Å². The van der Waals surface area contributed by atoms with Crippen LogP contribution in [0.2, 0.25) is 0 Å². The van der Waals surface area contributed by atoms with Gasteiger partial charge in [-0.15, -0.1) is 0 Å². The van der Waals surface area contributed by atoms with Crippen LogP contribution in [0.15, 0.2) is 48.0 Å². The van der Waals surface area contributed by atoms with Gasteiger partial charge in [-0.25, -0.2) is 4.39 Å². The summed E-state index contributed by atoms with van der Waals surface area (Å²) in [5.41, 5.74) is 0.815. The molecule has 1 atom stereocenters. The van der Waals surface area contributed by atoms with Crippen molar-refractivity contribution in [3.05, 3.63) is 65.0 Å². The topological polar surface area (TPSA) is 88.5 Å². The fourth-order valence-corrected chi connectivity index (χ4v) is 4.53. The highest BCUT2D eigenvalue weighted by Crippen LogP contribution is 2.42. The first-order valence-electron chi connectivity index (χ1n) is 12.2. The number of aliphatic hydroxyl groups is 1. The molecule has 2 saturated heterocycles. The van der Waals surface area contributed by atoms with E-state index in [1.807, 2.05) is 13.8 Å².